The second-order valence-corrected chi connectivity index (χ2v) is 18.4. The molecule has 2 fully saturated rings. The minimum Gasteiger partial charge on any atom is -0.490 e. The van der Waals surface area contributed by atoms with Gasteiger partial charge in [-0.05, 0) is 125 Å². The van der Waals surface area contributed by atoms with Crippen LogP contribution in [0, 0.1) is 17.8 Å². The van der Waals surface area contributed by atoms with Crippen LogP contribution in [-0.4, -0.2) is 85.0 Å². The maximum Gasteiger partial charge on any atom is 0.262 e. The first-order valence-corrected chi connectivity index (χ1v) is 20.0. The summed E-state index contributed by atoms with van der Waals surface area (Å²) in [5.74, 6) is 4.52. The Bertz CT molecular complexity index is 1640. The summed E-state index contributed by atoms with van der Waals surface area (Å²) in [4.78, 5) is 18.4. The SMILES string of the molecule is C=S1(=O)NC(=O)c2ccc3c(c2)N(C[C@@H]2CC[C@H]2C2(CCC[C@H](C)[C@H]1C)OCC(N(C)C)CO2)C[C@@]1(CCCc2cc(Cl)ccc21)CO3. The summed E-state index contributed by atoms with van der Waals surface area (Å²) in [6, 6.07) is 12.2. The van der Waals surface area contributed by atoms with Crippen LogP contribution in [0.2, 0.25) is 5.02 Å². The molecule has 1 N–H and O–H groups in total. The number of nitrogens with zero attached hydrogens (tertiary/aromatic N) is 2. The molecular formula is C38H52ClN3O5S. The lowest BCUT2D eigenvalue weighted by Crippen LogP contribution is -2.59. The number of likely N-dealkylation sites (N-methyl/N-ethyl adjacent to an activating group) is 1. The summed E-state index contributed by atoms with van der Waals surface area (Å²) in [5, 5.41) is 0.468. The number of halogens is 1. The zero-order chi connectivity index (χ0) is 33.8. The van der Waals surface area contributed by atoms with E-state index >= 15 is 0 Å². The molecule has 1 amide bonds. The Morgan fingerprint density at radius 1 is 1.04 bits per heavy atom. The Kier molecular flexibility index (Phi) is 9.33. The molecule has 2 aromatic rings. The smallest absolute Gasteiger partial charge is 0.262 e. The average Bonchev–Trinajstić information content (AvgIpc) is 3.19. The molecule has 2 bridgehead atoms. The molecule has 3 heterocycles. The minimum atomic E-state index is -2.92. The van der Waals surface area contributed by atoms with Crippen molar-refractivity contribution in [1.29, 1.82) is 0 Å². The van der Waals surface area contributed by atoms with E-state index in [1.54, 1.807) is 6.07 Å². The van der Waals surface area contributed by atoms with Gasteiger partial charge in [-0.25, -0.2) is 4.21 Å². The van der Waals surface area contributed by atoms with E-state index in [1.807, 2.05) is 25.1 Å². The topological polar surface area (TPSA) is 80.3 Å². The zero-order valence-corrected chi connectivity index (χ0v) is 30.5. The van der Waals surface area contributed by atoms with E-state index < -0.39 is 15.5 Å². The molecule has 1 unspecified atom stereocenters. The number of rotatable bonds is 1. The van der Waals surface area contributed by atoms with E-state index in [-0.39, 0.29) is 34.4 Å². The fraction of sp³-hybridized carbons (Fsp3) is 0.632. The van der Waals surface area contributed by atoms with E-state index in [4.69, 9.17) is 25.8 Å². The van der Waals surface area contributed by atoms with Gasteiger partial charge in [0.2, 0.25) is 0 Å². The highest BCUT2D eigenvalue weighted by Crippen LogP contribution is 2.51. The van der Waals surface area contributed by atoms with Gasteiger partial charge in [-0.15, -0.1) is 0 Å². The lowest BCUT2D eigenvalue weighted by atomic mass is 9.66. The third-order valence-electron chi connectivity index (χ3n) is 12.4. The first kappa shape index (κ1) is 34.2. The van der Waals surface area contributed by atoms with Gasteiger partial charge in [0, 0.05) is 46.7 Å². The van der Waals surface area contributed by atoms with E-state index in [2.05, 4.69) is 53.5 Å². The van der Waals surface area contributed by atoms with Crippen LogP contribution in [-0.2, 0) is 31.0 Å². The maximum absolute atomic E-state index is 13.9. The normalized spacial score (nSPS) is 37.2. The predicted molar refractivity (Wildman–Crippen MR) is 194 cm³/mol. The third-order valence-corrected chi connectivity index (χ3v) is 14.8. The molecule has 2 aliphatic carbocycles. The first-order chi connectivity index (χ1) is 22.9. The molecule has 2 spiro atoms. The first-order valence-electron chi connectivity index (χ1n) is 17.8. The average molecular weight is 698 g/mol. The molecular weight excluding hydrogens is 646 g/mol. The Labute approximate surface area is 292 Å². The molecule has 1 saturated carbocycles. The molecule has 0 radical (unpaired) electrons. The molecule has 10 heteroatoms. The fourth-order valence-corrected chi connectivity index (χ4v) is 10.6. The number of aryl methyl sites for hydroxylation is 1. The summed E-state index contributed by atoms with van der Waals surface area (Å²) in [6.45, 7) is 7.47. The van der Waals surface area contributed by atoms with Crippen molar-refractivity contribution >= 4 is 38.8 Å². The van der Waals surface area contributed by atoms with Crippen molar-refractivity contribution in [2.24, 2.45) is 17.8 Å². The second kappa shape index (κ2) is 13.1. The van der Waals surface area contributed by atoms with Crippen molar-refractivity contribution in [2.75, 3.05) is 51.9 Å². The van der Waals surface area contributed by atoms with Crippen LogP contribution in [0.3, 0.4) is 0 Å². The molecule has 48 heavy (non-hydrogen) atoms. The number of ether oxygens (including phenoxy) is 3. The molecule has 262 valence electrons. The van der Waals surface area contributed by atoms with Gasteiger partial charge >= 0.3 is 0 Å². The maximum atomic E-state index is 13.9. The van der Waals surface area contributed by atoms with Crippen molar-refractivity contribution < 1.29 is 23.2 Å². The summed E-state index contributed by atoms with van der Waals surface area (Å²) >= 11 is 6.48. The number of anilines is 1. The molecule has 6 atom stereocenters. The van der Waals surface area contributed by atoms with Crippen LogP contribution in [0.1, 0.15) is 80.3 Å². The van der Waals surface area contributed by atoms with Crippen molar-refractivity contribution in [3.63, 3.8) is 0 Å². The van der Waals surface area contributed by atoms with Gasteiger partial charge < -0.3 is 24.0 Å². The summed E-state index contributed by atoms with van der Waals surface area (Å²) in [5.41, 5.74) is 3.76. The molecule has 8 nitrogen and oxygen atoms in total. The van der Waals surface area contributed by atoms with Crippen LogP contribution in [0.25, 0.3) is 0 Å². The lowest BCUT2D eigenvalue weighted by molar-refractivity contribution is -0.329. The molecule has 1 saturated heterocycles. The van der Waals surface area contributed by atoms with E-state index in [0.29, 0.717) is 31.3 Å². The summed E-state index contributed by atoms with van der Waals surface area (Å²) < 4.78 is 37.1. The minimum absolute atomic E-state index is 0.0935. The van der Waals surface area contributed by atoms with Gasteiger partial charge in [0.25, 0.3) is 5.91 Å². The van der Waals surface area contributed by atoms with Crippen molar-refractivity contribution in [3.8, 4) is 5.75 Å². The Morgan fingerprint density at radius 3 is 2.56 bits per heavy atom. The highest BCUT2D eigenvalue weighted by molar-refractivity contribution is 7.99. The van der Waals surface area contributed by atoms with Crippen LogP contribution >= 0.6 is 11.6 Å². The van der Waals surface area contributed by atoms with Gasteiger partial charge in [0.1, 0.15) is 5.75 Å². The molecule has 3 aliphatic heterocycles. The Balaban J connectivity index is 1.29. The van der Waals surface area contributed by atoms with Gasteiger partial charge in [0.15, 0.2) is 5.79 Å². The van der Waals surface area contributed by atoms with Gasteiger partial charge in [-0.1, -0.05) is 24.6 Å². The highest BCUT2D eigenvalue weighted by atomic mass is 35.5. The largest absolute Gasteiger partial charge is 0.490 e. The zero-order valence-electron chi connectivity index (χ0n) is 29.0. The molecule has 7 rings (SSSR count). The van der Waals surface area contributed by atoms with Crippen LogP contribution in [0.15, 0.2) is 36.4 Å². The standard InChI is InChI=1S/C38H52ClN3O5S/c1-25-8-6-17-38(46-21-31(22-47-38)41(3)4)33-13-10-29(33)20-42-23-37(16-7-9-27-18-30(39)12-14-32(27)37)24-45-35-15-11-28(19-34(35)42)36(43)40-48(5,44)26(25)2/h11-12,14-15,18-19,25-26,29,31,33H,5-10,13,16-17,20-24H2,1-4H3,(H,40,43,44)/t25-,26+,29-,31?,33+,37-,38?,48?/m0/s1. The van der Waals surface area contributed by atoms with E-state index in [0.717, 1.165) is 80.9 Å². The molecule has 5 aliphatic rings. The number of carbonyl (C=O) groups excluding carboxylic acids is 1. The molecule has 2 aromatic carbocycles. The Hall–Kier alpha value is -2.30. The highest BCUT2D eigenvalue weighted by Gasteiger charge is 2.53. The number of benzene rings is 2. The number of hydrogen-bond acceptors (Lipinski definition) is 7. The van der Waals surface area contributed by atoms with Gasteiger partial charge in [0.05, 0.1) is 41.3 Å². The van der Waals surface area contributed by atoms with Crippen LogP contribution in [0.4, 0.5) is 5.69 Å². The number of amides is 1. The van der Waals surface area contributed by atoms with Crippen molar-refractivity contribution in [1.82, 2.24) is 9.62 Å². The summed E-state index contributed by atoms with van der Waals surface area (Å²) in [7, 11) is 1.25. The number of fused-ring (bicyclic) bond motifs is 5. The number of nitrogens with one attached hydrogen (secondary N) is 1. The van der Waals surface area contributed by atoms with Crippen LogP contribution in [0.5, 0.6) is 5.75 Å². The summed E-state index contributed by atoms with van der Waals surface area (Å²) in [6.07, 6.45) is 7.75. The molecule has 0 aromatic heterocycles. The fourth-order valence-electron chi connectivity index (χ4n) is 8.90. The monoisotopic (exact) mass is 697 g/mol. The quantitative estimate of drug-likeness (QED) is 0.362. The Morgan fingerprint density at radius 2 is 1.83 bits per heavy atom. The van der Waals surface area contributed by atoms with Crippen molar-refractivity contribution in [3.05, 3.63) is 58.1 Å². The van der Waals surface area contributed by atoms with Crippen molar-refractivity contribution in [2.45, 2.75) is 87.7 Å². The van der Waals surface area contributed by atoms with Gasteiger partial charge in [-0.2, -0.15) is 0 Å². The van der Waals surface area contributed by atoms with Crippen LogP contribution < -0.4 is 14.4 Å². The number of hydrogen-bond donors (Lipinski definition) is 1. The third kappa shape index (κ3) is 6.27. The second-order valence-electron chi connectivity index (χ2n) is 15.5. The van der Waals surface area contributed by atoms with E-state index in [1.165, 1.54) is 11.1 Å². The van der Waals surface area contributed by atoms with E-state index in [9.17, 15) is 9.00 Å². The lowest BCUT2D eigenvalue weighted by Gasteiger charge is -2.54. The number of carbonyl (C=O) groups is 1. The van der Waals surface area contributed by atoms with Gasteiger partial charge in [-0.3, -0.25) is 9.52 Å². The predicted octanol–water partition coefficient (Wildman–Crippen LogP) is 6.08.